The molecule has 1 aliphatic carbocycles. The first-order valence-electron chi connectivity index (χ1n) is 11.6. The summed E-state index contributed by atoms with van der Waals surface area (Å²) in [6.45, 7) is 4.74. The van der Waals surface area contributed by atoms with Gasteiger partial charge in [0, 0.05) is 37.4 Å². The number of hydrogen-bond acceptors (Lipinski definition) is 4. The number of ether oxygens (including phenoxy) is 1. The molecule has 1 heterocycles. The first-order chi connectivity index (χ1) is 15.5. The van der Waals surface area contributed by atoms with Crippen molar-refractivity contribution >= 4 is 17.5 Å². The van der Waals surface area contributed by atoms with Gasteiger partial charge in [0.25, 0.3) is 5.91 Å². The van der Waals surface area contributed by atoms with Gasteiger partial charge in [0.05, 0.1) is 13.2 Å². The molecule has 1 N–H and O–H groups in total. The van der Waals surface area contributed by atoms with Crippen molar-refractivity contribution in [2.24, 2.45) is 5.92 Å². The monoisotopic (exact) mass is 435 g/mol. The summed E-state index contributed by atoms with van der Waals surface area (Å²) in [6, 6.07) is 15.1. The molecule has 1 atom stereocenters. The second kappa shape index (κ2) is 10.2. The maximum atomic E-state index is 13.4. The molecule has 2 aromatic carbocycles. The minimum Gasteiger partial charge on any atom is -0.497 e. The van der Waals surface area contributed by atoms with Crippen LogP contribution in [0.3, 0.4) is 0 Å². The summed E-state index contributed by atoms with van der Waals surface area (Å²) < 4.78 is 5.21. The minimum absolute atomic E-state index is 0.0559. The molecular weight excluding hydrogens is 402 g/mol. The Labute approximate surface area is 190 Å². The molecule has 6 heteroatoms. The largest absolute Gasteiger partial charge is 0.497 e. The average molecular weight is 436 g/mol. The molecule has 0 bridgehead atoms. The van der Waals surface area contributed by atoms with Crippen LogP contribution in [0.5, 0.6) is 5.75 Å². The van der Waals surface area contributed by atoms with Crippen molar-refractivity contribution in [3.63, 3.8) is 0 Å². The van der Waals surface area contributed by atoms with E-state index in [9.17, 15) is 9.59 Å². The van der Waals surface area contributed by atoms with Gasteiger partial charge in [0.1, 0.15) is 5.75 Å². The number of anilines is 1. The molecule has 6 nitrogen and oxygen atoms in total. The Morgan fingerprint density at radius 3 is 2.16 bits per heavy atom. The Morgan fingerprint density at radius 2 is 1.56 bits per heavy atom. The van der Waals surface area contributed by atoms with Crippen molar-refractivity contribution in [1.82, 2.24) is 9.80 Å². The molecule has 1 saturated carbocycles. The summed E-state index contributed by atoms with van der Waals surface area (Å²) in [6.07, 6.45) is 4.54. The predicted octanol–water partition coefficient (Wildman–Crippen LogP) is 3.96. The van der Waals surface area contributed by atoms with Gasteiger partial charge in [-0.25, -0.2) is 0 Å². The van der Waals surface area contributed by atoms with E-state index in [1.54, 1.807) is 7.11 Å². The second-order valence-corrected chi connectivity index (χ2v) is 8.90. The number of piperazine rings is 1. The highest BCUT2D eigenvalue weighted by Gasteiger charge is 2.37. The number of hydrogen-bond donors (Lipinski definition) is 1. The van der Waals surface area contributed by atoms with Gasteiger partial charge in [-0.15, -0.1) is 0 Å². The average Bonchev–Trinajstić information content (AvgIpc) is 3.34. The second-order valence-electron chi connectivity index (χ2n) is 8.90. The number of benzene rings is 2. The molecule has 0 unspecified atom stereocenters. The van der Waals surface area contributed by atoms with Gasteiger partial charge < -0.3 is 15.0 Å². The van der Waals surface area contributed by atoms with Crippen LogP contribution in [0.1, 0.15) is 41.6 Å². The molecule has 0 aromatic heterocycles. The summed E-state index contributed by atoms with van der Waals surface area (Å²) in [5, 5.41) is 3.12. The van der Waals surface area contributed by atoms with E-state index in [-0.39, 0.29) is 17.9 Å². The van der Waals surface area contributed by atoms with Gasteiger partial charge in [0.2, 0.25) is 5.91 Å². The normalized spacial score (nSPS) is 18.4. The molecule has 170 valence electrons. The molecule has 2 amide bonds. The SMILES string of the molecule is COc1ccc(NC(=O)[C@H](C2CCCC2)N2CCN(C(=O)c3ccc(C)cc3)CC2)cc1. The van der Waals surface area contributed by atoms with Crippen molar-refractivity contribution in [1.29, 1.82) is 0 Å². The number of methoxy groups -OCH3 is 1. The van der Waals surface area contributed by atoms with Crippen LogP contribution in [-0.2, 0) is 4.79 Å². The predicted molar refractivity (Wildman–Crippen MR) is 126 cm³/mol. The third-order valence-electron chi connectivity index (χ3n) is 6.77. The first-order valence-corrected chi connectivity index (χ1v) is 11.6. The third-order valence-corrected chi connectivity index (χ3v) is 6.77. The molecule has 1 saturated heterocycles. The molecule has 2 fully saturated rings. The quantitative estimate of drug-likeness (QED) is 0.746. The molecular formula is C26H33N3O3. The van der Waals surface area contributed by atoms with Crippen molar-refractivity contribution < 1.29 is 14.3 Å². The van der Waals surface area contributed by atoms with Crippen molar-refractivity contribution in [2.45, 2.75) is 38.6 Å². The van der Waals surface area contributed by atoms with Gasteiger partial charge in [-0.3, -0.25) is 14.5 Å². The minimum atomic E-state index is -0.156. The zero-order valence-electron chi connectivity index (χ0n) is 19.0. The maximum absolute atomic E-state index is 13.4. The number of aryl methyl sites for hydroxylation is 1. The van der Waals surface area contributed by atoms with Gasteiger partial charge in [-0.2, -0.15) is 0 Å². The highest BCUT2D eigenvalue weighted by atomic mass is 16.5. The lowest BCUT2D eigenvalue weighted by molar-refractivity contribution is -0.123. The molecule has 2 aromatic rings. The number of nitrogens with zero attached hydrogens (tertiary/aromatic N) is 2. The number of nitrogens with one attached hydrogen (secondary N) is 1. The van der Waals surface area contributed by atoms with Crippen LogP contribution in [-0.4, -0.2) is 60.9 Å². The van der Waals surface area contributed by atoms with Crippen LogP contribution in [0.25, 0.3) is 0 Å². The topological polar surface area (TPSA) is 61.9 Å². The Bertz CT molecular complexity index is 912. The van der Waals surface area contributed by atoms with E-state index in [1.165, 1.54) is 12.8 Å². The number of amides is 2. The fourth-order valence-electron chi connectivity index (χ4n) is 4.92. The van der Waals surface area contributed by atoms with Crippen LogP contribution in [0.2, 0.25) is 0 Å². The molecule has 32 heavy (non-hydrogen) atoms. The Hall–Kier alpha value is -2.86. The Morgan fingerprint density at radius 1 is 0.938 bits per heavy atom. The van der Waals surface area contributed by atoms with Crippen LogP contribution in [0, 0.1) is 12.8 Å². The standard InChI is InChI=1S/C26H33N3O3/c1-19-7-9-21(10-8-19)26(31)29-17-15-28(16-18-29)24(20-5-3-4-6-20)25(30)27-22-11-13-23(32-2)14-12-22/h7-14,20,24H,3-6,15-18H2,1-2H3,(H,27,30)/t24-/m0/s1. The van der Waals surface area contributed by atoms with Crippen LogP contribution >= 0.6 is 0 Å². The van der Waals surface area contributed by atoms with E-state index < -0.39 is 0 Å². The van der Waals surface area contributed by atoms with Gasteiger partial charge in [-0.1, -0.05) is 30.5 Å². The van der Waals surface area contributed by atoms with E-state index in [1.807, 2.05) is 60.4 Å². The summed E-state index contributed by atoms with van der Waals surface area (Å²) >= 11 is 0. The Kier molecular flexibility index (Phi) is 7.10. The maximum Gasteiger partial charge on any atom is 0.253 e. The van der Waals surface area contributed by atoms with Crippen LogP contribution in [0.15, 0.2) is 48.5 Å². The van der Waals surface area contributed by atoms with Crippen molar-refractivity contribution in [3.8, 4) is 5.75 Å². The molecule has 0 spiro atoms. The van der Waals surface area contributed by atoms with Crippen LogP contribution in [0.4, 0.5) is 5.69 Å². The Balaban J connectivity index is 1.41. The highest BCUT2D eigenvalue weighted by Crippen LogP contribution is 2.32. The van der Waals surface area contributed by atoms with E-state index in [0.717, 1.165) is 48.5 Å². The van der Waals surface area contributed by atoms with E-state index >= 15 is 0 Å². The number of carbonyl (C=O) groups excluding carboxylic acids is 2. The molecule has 1 aliphatic heterocycles. The van der Waals surface area contributed by atoms with Crippen molar-refractivity contribution in [2.75, 3.05) is 38.6 Å². The summed E-state index contributed by atoms with van der Waals surface area (Å²) in [4.78, 5) is 30.4. The van der Waals surface area contributed by atoms with Gasteiger partial charge in [-0.05, 0) is 62.1 Å². The third kappa shape index (κ3) is 5.13. The molecule has 0 radical (unpaired) electrons. The fourth-order valence-corrected chi connectivity index (χ4v) is 4.92. The zero-order valence-corrected chi connectivity index (χ0v) is 19.0. The van der Waals surface area contributed by atoms with Gasteiger partial charge >= 0.3 is 0 Å². The van der Waals surface area contributed by atoms with Crippen molar-refractivity contribution in [3.05, 3.63) is 59.7 Å². The highest BCUT2D eigenvalue weighted by molar-refractivity contribution is 5.95. The molecule has 2 aliphatic rings. The smallest absolute Gasteiger partial charge is 0.253 e. The van der Waals surface area contributed by atoms with E-state index in [4.69, 9.17) is 4.74 Å². The summed E-state index contributed by atoms with van der Waals surface area (Å²) in [5.74, 6) is 1.27. The number of carbonyl (C=O) groups is 2. The zero-order chi connectivity index (χ0) is 22.5. The lowest BCUT2D eigenvalue weighted by Crippen LogP contribution is -2.56. The van der Waals surface area contributed by atoms with Crippen LogP contribution < -0.4 is 10.1 Å². The van der Waals surface area contributed by atoms with E-state index in [2.05, 4.69) is 10.2 Å². The lowest BCUT2D eigenvalue weighted by Gasteiger charge is -2.40. The molecule has 4 rings (SSSR count). The van der Waals surface area contributed by atoms with E-state index in [0.29, 0.717) is 19.0 Å². The van der Waals surface area contributed by atoms with Gasteiger partial charge in [0.15, 0.2) is 0 Å². The number of rotatable bonds is 6. The summed E-state index contributed by atoms with van der Waals surface area (Å²) in [7, 11) is 1.63. The summed E-state index contributed by atoms with van der Waals surface area (Å²) in [5.41, 5.74) is 2.66. The first kappa shape index (κ1) is 22.3. The fraction of sp³-hybridized carbons (Fsp3) is 0.462. The lowest BCUT2D eigenvalue weighted by atomic mass is 9.94.